The van der Waals surface area contributed by atoms with E-state index in [1.54, 1.807) is 0 Å². The highest BCUT2D eigenvalue weighted by Crippen LogP contribution is 2.17. The van der Waals surface area contributed by atoms with Crippen LogP contribution in [0, 0.1) is 0 Å². The van der Waals surface area contributed by atoms with Gasteiger partial charge in [-0.1, -0.05) is 19.6 Å². The highest BCUT2D eigenvalue weighted by Gasteiger charge is 2.28. The van der Waals surface area contributed by atoms with Crippen molar-refractivity contribution in [1.82, 2.24) is 4.90 Å². The van der Waals surface area contributed by atoms with Gasteiger partial charge in [-0.25, -0.2) is 9.69 Å². The van der Waals surface area contributed by atoms with E-state index in [0.29, 0.717) is 19.0 Å². The predicted molar refractivity (Wildman–Crippen MR) is 77.8 cm³/mol. The zero-order valence-electron chi connectivity index (χ0n) is 11.4. The van der Waals surface area contributed by atoms with Crippen molar-refractivity contribution in [2.24, 2.45) is 4.99 Å². The molecule has 0 spiro atoms. The average molecular weight is 337 g/mol. The Balaban J connectivity index is 2.28. The Labute approximate surface area is 118 Å². The molecule has 0 aromatic rings. The average Bonchev–Trinajstić information content (AvgIpc) is 2.64. The summed E-state index contributed by atoms with van der Waals surface area (Å²) in [5, 5.41) is -0.196. The van der Waals surface area contributed by atoms with Crippen LogP contribution in [0.1, 0.15) is 0 Å². The molecular formula is C11H21BrN2O3Si. The van der Waals surface area contributed by atoms with Crippen LogP contribution in [-0.4, -0.2) is 56.7 Å². The number of aliphatic imine (C=N–C) groups is 1. The quantitative estimate of drug-likeness (QED) is 0.244. The zero-order valence-corrected chi connectivity index (χ0v) is 14.0. The molecule has 1 heterocycles. The van der Waals surface area contributed by atoms with Crippen LogP contribution in [-0.2, 0) is 14.3 Å². The first-order valence-corrected chi connectivity index (χ1v) is 10.6. The molecule has 0 aromatic heterocycles. The van der Waals surface area contributed by atoms with Crippen LogP contribution in [0.5, 0.6) is 0 Å². The van der Waals surface area contributed by atoms with Crippen LogP contribution < -0.4 is 0 Å². The maximum Gasteiger partial charge on any atom is 0.353 e. The van der Waals surface area contributed by atoms with Gasteiger partial charge in [-0.2, -0.15) is 0 Å². The zero-order chi connectivity index (χ0) is 13.8. The van der Waals surface area contributed by atoms with Gasteiger partial charge in [0.1, 0.15) is 12.4 Å². The molecule has 0 amide bonds. The number of hydrogen-bond donors (Lipinski definition) is 0. The summed E-state index contributed by atoms with van der Waals surface area (Å²) >= 11 is 3.39. The Morgan fingerprint density at radius 2 is 2.22 bits per heavy atom. The summed E-state index contributed by atoms with van der Waals surface area (Å²) in [6.45, 7) is 8.66. The lowest BCUT2D eigenvalue weighted by atomic mass is 10.4. The van der Waals surface area contributed by atoms with Crippen molar-refractivity contribution < 1.29 is 14.3 Å². The van der Waals surface area contributed by atoms with E-state index >= 15 is 0 Å². The lowest BCUT2D eigenvalue weighted by Crippen LogP contribution is -2.33. The fraction of sp³-hybridized carbons (Fsp3) is 0.818. The fourth-order valence-corrected chi connectivity index (χ4v) is 2.69. The number of rotatable bonds is 6. The van der Waals surface area contributed by atoms with Crippen molar-refractivity contribution in [3.63, 3.8) is 0 Å². The van der Waals surface area contributed by atoms with Crippen molar-refractivity contribution >= 4 is 35.7 Å². The van der Waals surface area contributed by atoms with E-state index < -0.39 is 8.07 Å². The van der Waals surface area contributed by atoms with Crippen LogP contribution >= 0.6 is 15.9 Å². The molecule has 1 aliphatic rings. The third-order valence-electron chi connectivity index (χ3n) is 2.59. The molecule has 0 saturated carbocycles. The number of halogens is 1. The lowest BCUT2D eigenvalue weighted by Gasteiger charge is -2.20. The smallest absolute Gasteiger partial charge is 0.353 e. The Morgan fingerprint density at radius 3 is 2.78 bits per heavy atom. The van der Waals surface area contributed by atoms with E-state index in [-0.39, 0.29) is 11.0 Å². The topological polar surface area (TPSA) is 51.1 Å². The summed E-state index contributed by atoms with van der Waals surface area (Å²) in [6.07, 6.45) is 0. The van der Waals surface area contributed by atoms with E-state index in [0.717, 1.165) is 12.7 Å². The molecule has 0 aliphatic carbocycles. The molecule has 0 aromatic carbocycles. The molecule has 1 rings (SSSR count). The lowest BCUT2D eigenvalue weighted by molar-refractivity contribution is -0.132. The van der Waals surface area contributed by atoms with Gasteiger partial charge < -0.3 is 9.47 Å². The van der Waals surface area contributed by atoms with E-state index in [1.807, 2.05) is 4.90 Å². The first-order chi connectivity index (χ1) is 8.33. The number of nitrogens with zero attached hydrogens (tertiary/aromatic N) is 2. The second-order valence-electron chi connectivity index (χ2n) is 5.47. The number of carbonyl (C=O) groups is 1. The molecule has 104 valence electrons. The Morgan fingerprint density at radius 1 is 1.56 bits per heavy atom. The largest absolute Gasteiger partial charge is 0.465 e. The van der Waals surface area contributed by atoms with Crippen LogP contribution in [0.25, 0.3) is 0 Å². The van der Waals surface area contributed by atoms with Gasteiger partial charge in [-0.05, 0) is 22.0 Å². The van der Waals surface area contributed by atoms with Gasteiger partial charge in [0.2, 0.25) is 0 Å². The number of ether oxygens (including phenoxy) is 2. The van der Waals surface area contributed by atoms with Gasteiger partial charge in [-0.15, -0.1) is 0 Å². The summed E-state index contributed by atoms with van der Waals surface area (Å²) in [5.41, 5.74) is 0.438. The summed E-state index contributed by atoms with van der Waals surface area (Å²) in [5.74, 6) is -0.371. The second-order valence-corrected chi connectivity index (χ2v) is 11.9. The summed E-state index contributed by atoms with van der Waals surface area (Å²) in [4.78, 5) is 17.5. The predicted octanol–water partition coefficient (Wildman–Crippen LogP) is 1.91. The van der Waals surface area contributed by atoms with Crippen LogP contribution in [0.3, 0.4) is 0 Å². The summed E-state index contributed by atoms with van der Waals surface area (Å²) in [7, 11) is 0.316. The Hall–Kier alpha value is -0.243. The number of methoxy groups -OCH3 is 1. The van der Waals surface area contributed by atoms with Gasteiger partial charge in [0, 0.05) is 14.7 Å². The van der Waals surface area contributed by atoms with Crippen molar-refractivity contribution in [1.29, 1.82) is 0 Å². The van der Waals surface area contributed by atoms with Gasteiger partial charge in [0.15, 0.2) is 5.08 Å². The molecule has 5 nitrogen and oxygen atoms in total. The van der Waals surface area contributed by atoms with Crippen molar-refractivity contribution in [3.05, 3.63) is 0 Å². The minimum Gasteiger partial charge on any atom is -0.465 e. The molecule has 1 atom stereocenters. The molecule has 0 saturated heterocycles. The molecule has 0 N–H and O–H groups in total. The second kappa shape index (κ2) is 6.79. The summed E-state index contributed by atoms with van der Waals surface area (Å²) in [6, 6.07) is 1.14. The maximum atomic E-state index is 11.3. The molecule has 1 aliphatic heterocycles. The van der Waals surface area contributed by atoms with Crippen LogP contribution in [0.2, 0.25) is 25.7 Å². The van der Waals surface area contributed by atoms with E-state index in [2.05, 4.69) is 45.3 Å². The van der Waals surface area contributed by atoms with Crippen molar-refractivity contribution in [3.8, 4) is 0 Å². The maximum absolute atomic E-state index is 11.3. The van der Waals surface area contributed by atoms with Crippen LogP contribution in [0.4, 0.5) is 0 Å². The molecule has 0 fully saturated rings. The number of esters is 1. The first kappa shape index (κ1) is 15.8. The monoisotopic (exact) mass is 336 g/mol. The Kier molecular flexibility index (Phi) is 5.96. The van der Waals surface area contributed by atoms with Crippen LogP contribution in [0.15, 0.2) is 4.99 Å². The highest BCUT2D eigenvalue weighted by atomic mass is 79.9. The molecule has 0 radical (unpaired) electrons. The van der Waals surface area contributed by atoms with Crippen molar-refractivity contribution in [2.45, 2.75) is 30.8 Å². The van der Waals surface area contributed by atoms with Gasteiger partial charge in [0.25, 0.3) is 0 Å². The van der Waals surface area contributed by atoms with Gasteiger partial charge >= 0.3 is 5.97 Å². The van der Waals surface area contributed by atoms with E-state index in [4.69, 9.17) is 4.74 Å². The molecule has 0 bridgehead atoms. The minimum absolute atomic E-state index is 0.196. The minimum atomic E-state index is -1.05. The SMILES string of the molecule is COC(=O)C1=NC(Br)N(COCC[Si](C)(C)C)C1. The summed E-state index contributed by atoms with van der Waals surface area (Å²) < 4.78 is 10.3. The fourth-order valence-electron chi connectivity index (χ4n) is 1.42. The normalized spacial score (nSPS) is 20.9. The third kappa shape index (κ3) is 5.17. The molecule has 7 heteroatoms. The number of carbonyl (C=O) groups excluding carboxylic acids is 1. The third-order valence-corrected chi connectivity index (χ3v) is 5.08. The van der Waals surface area contributed by atoms with Gasteiger partial charge in [0.05, 0.1) is 13.7 Å². The van der Waals surface area contributed by atoms with E-state index in [9.17, 15) is 4.79 Å². The first-order valence-electron chi connectivity index (χ1n) is 5.94. The van der Waals surface area contributed by atoms with E-state index in [1.165, 1.54) is 7.11 Å². The standard InChI is InChI=1S/C11H21BrN2O3Si/c1-16-10(15)9-7-14(11(12)13-9)8-17-5-6-18(2,3)4/h11H,5-8H2,1-4H3. The van der Waals surface area contributed by atoms with Crippen molar-refractivity contribution in [2.75, 3.05) is 27.0 Å². The molecule has 18 heavy (non-hydrogen) atoms. The number of alkyl halides is 1. The molecule has 1 unspecified atom stereocenters. The Bertz CT molecular complexity index is 331. The number of hydrogen-bond acceptors (Lipinski definition) is 5. The highest BCUT2D eigenvalue weighted by molar-refractivity contribution is 9.09. The molecular weight excluding hydrogens is 316 g/mol. The van der Waals surface area contributed by atoms with Gasteiger partial charge in [-0.3, -0.25) is 4.99 Å².